The van der Waals surface area contributed by atoms with Gasteiger partial charge in [0.1, 0.15) is 0 Å². The minimum atomic E-state index is -0.546. The lowest BCUT2D eigenvalue weighted by atomic mass is 10.1. The predicted octanol–water partition coefficient (Wildman–Crippen LogP) is -0.205. The Morgan fingerprint density at radius 2 is 1.95 bits per heavy atom. The number of anilines is 1. The molecule has 0 spiro atoms. The van der Waals surface area contributed by atoms with Crippen molar-refractivity contribution in [2.75, 3.05) is 25.5 Å². The van der Waals surface area contributed by atoms with Gasteiger partial charge >= 0.3 is 5.97 Å². The number of benzene rings is 1. The Morgan fingerprint density at radius 3 is 2.55 bits per heavy atom. The monoisotopic (exact) mass is 279 g/mol. The van der Waals surface area contributed by atoms with Gasteiger partial charge in [-0.2, -0.15) is 0 Å². The topological polar surface area (TPSA) is 111 Å². The van der Waals surface area contributed by atoms with E-state index in [0.29, 0.717) is 5.69 Å². The molecule has 0 aromatic heterocycles. The van der Waals surface area contributed by atoms with Gasteiger partial charge < -0.3 is 21.1 Å². The van der Waals surface area contributed by atoms with Gasteiger partial charge in [0.05, 0.1) is 31.5 Å². The van der Waals surface area contributed by atoms with Crippen molar-refractivity contribution in [2.24, 2.45) is 5.73 Å². The van der Waals surface area contributed by atoms with Crippen molar-refractivity contribution < 1.29 is 19.1 Å². The second-order valence-electron chi connectivity index (χ2n) is 4.07. The SMILES string of the molecule is COC(=O)c1cc(C)ccc1NC(=O)CNC(=O)CN. The van der Waals surface area contributed by atoms with E-state index in [2.05, 4.69) is 15.4 Å². The number of aryl methyl sites for hydroxylation is 1. The Morgan fingerprint density at radius 1 is 1.25 bits per heavy atom. The fourth-order valence-corrected chi connectivity index (χ4v) is 1.49. The van der Waals surface area contributed by atoms with Crippen LogP contribution >= 0.6 is 0 Å². The molecule has 7 heteroatoms. The molecule has 20 heavy (non-hydrogen) atoms. The zero-order valence-corrected chi connectivity index (χ0v) is 11.4. The van der Waals surface area contributed by atoms with E-state index in [1.54, 1.807) is 18.2 Å². The summed E-state index contributed by atoms with van der Waals surface area (Å²) in [5.41, 5.74) is 6.55. The lowest BCUT2D eigenvalue weighted by molar-refractivity contribution is -0.123. The van der Waals surface area contributed by atoms with Gasteiger partial charge in [-0.15, -0.1) is 0 Å². The fraction of sp³-hybridized carbons (Fsp3) is 0.308. The van der Waals surface area contributed by atoms with Crippen LogP contribution in [-0.2, 0) is 14.3 Å². The summed E-state index contributed by atoms with van der Waals surface area (Å²) in [4.78, 5) is 34.2. The number of rotatable bonds is 5. The summed E-state index contributed by atoms with van der Waals surface area (Å²) in [6, 6.07) is 4.96. The average molecular weight is 279 g/mol. The summed E-state index contributed by atoms with van der Waals surface area (Å²) in [5.74, 6) is -1.44. The van der Waals surface area contributed by atoms with E-state index in [0.717, 1.165) is 5.56 Å². The van der Waals surface area contributed by atoms with Crippen LogP contribution in [0.1, 0.15) is 15.9 Å². The molecule has 0 unspecified atom stereocenters. The molecule has 0 radical (unpaired) electrons. The highest BCUT2D eigenvalue weighted by molar-refractivity contribution is 6.02. The molecule has 0 aliphatic carbocycles. The van der Waals surface area contributed by atoms with Gasteiger partial charge in [-0.25, -0.2) is 4.79 Å². The summed E-state index contributed by atoms with van der Waals surface area (Å²) < 4.78 is 4.65. The largest absolute Gasteiger partial charge is 0.465 e. The van der Waals surface area contributed by atoms with Crippen LogP contribution in [-0.4, -0.2) is 38.0 Å². The molecule has 0 saturated heterocycles. The molecular weight excluding hydrogens is 262 g/mol. The number of ether oxygens (including phenoxy) is 1. The maximum atomic E-state index is 11.7. The predicted molar refractivity (Wildman–Crippen MR) is 73.2 cm³/mol. The molecule has 1 aromatic rings. The smallest absolute Gasteiger partial charge is 0.339 e. The van der Waals surface area contributed by atoms with Crippen LogP contribution in [0, 0.1) is 6.92 Å². The molecule has 2 amide bonds. The lowest BCUT2D eigenvalue weighted by Gasteiger charge is -2.11. The fourth-order valence-electron chi connectivity index (χ4n) is 1.49. The van der Waals surface area contributed by atoms with Crippen molar-refractivity contribution in [1.29, 1.82) is 0 Å². The van der Waals surface area contributed by atoms with E-state index in [1.165, 1.54) is 7.11 Å². The number of hydrogen-bond donors (Lipinski definition) is 3. The van der Waals surface area contributed by atoms with Crippen LogP contribution in [0.15, 0.2) is 18.2 Å². The molecule has 0 aliphatic rings. The molecular formula is C13H17N3O4. The first-order chi connectivity index (χ1) is 9.47. The van der Waals surface area contributed by atoms with E-state index < -0.39 is 17.8 Å². The van der Waals surface area contributed by atoms with Crippen LogP contribution in [0.25, 0.3) is 0 Å². The molecule has 0 atom stereocenters. The number of carbonyl (C=O) groups is 3. The van der Waals surface area contributed by atoms with Crippen molar-refractivity contribution >= 4 is 23.5 Å². The number of nitrogens with two attached hydrogens (primary N) is 1. The minimum absolute atomic E-state index is 0.189. The summed E-state index contributed by atoms with van der Waals surface area (Å²) in [6.45, 7) is 1.41. The Labute approximate surface area is 116 Å². The van der Waals surface area contributed by atoms with E-state index in [4.69, 9.17) is 5.73 Å². The highest BCUT2D eigenvalue weighted by atomic mass is 16.5. The van der Waals surface area contributed by atoms with Gasteiger partial charge in [0.2, 0.25) is 11.8 Å². The second kappa shape index (κ2) is 7.25. The highest BCUT2D eigenvalue weighted by Crippen LogP contribution is 2.18. The Bertz CT molecular complexity index is 528. The highest BCUT2D eigenvalue weighted by Gasteiger charge is 2.14. The first kappa shape index (κ1) is 15.6. The lowest BCUT2D eigenvalue weighted by Crippen LogP contribution is -2.36. The average Bonchev–Trinajstić information content (AvgIpc) is 2.45. The van der Waals surface area contributed by atoms with Gasteiger partial charge in [-0.05, 0) is 19.1 Å². The van der Waals surface area contributed by atoms with Crippen molar-refractivity contribution in [3.05, 3.63) is 29.3 Å². The minimum Gasteiger partial charge on any atom is -0.465 e. The molecule has 1 aromatic carbocycles. The normalized spacial score (nSPS) is 9.75. The molecule has 0 saturated carbocycles. The van der Waals surface area contributed by atoms with Gasteiger partial charge in [-0.1, -0.05) is 11.6 Å². The number of nitrogens with one attached hydrogen (secondary N) is 2. The third-order valence-electron chi connectivity index (χ3n) is 2.49. The quantitative estimate of drug-likeness (QED) is 0.646. The van der Waals surface area contributed by atoms with Gasteiger partial charge in [-0.3, -0.25) is 9.59 Å². The maximum absolute atomic E-state index is 11.7. The first-order valence-corrected chi connectivity index (χ1v) is 5.93. The Kier molecular flexibility index (Phi) is 5.67. The van der Waals surface area contributed by atoms with E-state index in [-0.39, 0.29) is 18.7 Å². The summed E-state index contributed by atoms with van der Waals surface area (Å²) in [6.07, 6.45) is 0. The standard InChI is InChI=1S/C13H17N3O4/c1-8-3-4-10(9(5-8)13(19)20-2)16-12(18)7-15-11(17)6-14/h3-5H,6-7,14H2,1-2H3,(H,15,17)(H,16,18). The molecule has 7 nitrogen and oxygen atoms in total. The number of hydrogen-bond acceptors (Lipinski definition) is 5. The summed E-state index contributed by atoms with van der Waals surface area (Å²) >= 11 is 0. The van der Waals surface area contributed by atoms with Crippen LogP contribution in [0.5, 0.6) is 0 Å². The molecule has 0 heterocycles. The van der Waals surface area contributed by atoms with E-state index in [1.807, 2.05) is 6.92 Å². The molecule has 0 aliphatic heterocycles. The van der Waals surface area contributed by atoms with Crippen LogP contribution in [0.3, 0.4) is 0 Å². The molecule has 0 bridgehead atoms. The molecule has 4 N–H and O–H groups in total. The first-order valence-electron chi connectivity index (χ1n) is 5.93. The van der Waals surface area contributed by atoms with Crippen LogP contribution in [0.4, 0.5) is 5.69 Å². The third-order valence-corrected chi connectivity index (χ3v) is 2.49. The zero-order chi connectivity index (χ0) is 15.1. The van der Waals surface area contributed by atoms with Gasteiger partial charge in [0.15, 0.2) is 0 Å². The Balaban J connectivity index is 2.79. The van der Waals surface area contributed by atoms with Crippen molar-refractivity contribution in [3.8, 4) is 0 Å². The van der Waals surface area contributed by atoms with Crippen molar-refractivity contribution in [1.82, 2.24) is 5.32 Å². The van der Waals surface area contributed by atoms with E-state index >= 15 is 0 Å². The third kappa shape index (κ3) is 4.36. The molecule has 1 rings (SSSR count). The van der Waals surface area contributed by atoms with Crippen molar-refractivity contribution in [2.45, 2.75) is 6.92 Å². The zero-order valence-electron chi connectivity index (χ0n) is 11.4. The summed E-state index contributed by atoms with van der Waals surface area (Å²) in [5, 5.41) is 4.87. The maximum Gasteiger partial charge on any atom is 0.339 e. The summed E-state index contributed by atoms with van der Waals surface area (Å²) in [7, 11) is 1.26. The number of esters is 1. The van der Waals surface area contributed by atoms with Gasteiger partial charge in [0.25, 0.3) is 0 Å². The van der Waals surface area contributed by atoms with Gasteiger partial charge in [0, 0.05) is 0 Å². The molecule has 0 fully saturated rings. The number of methoxy groups -OCH3 is 1. The number of amides is 2. The Hall–Kier alpha value is -2.41. The van der Waals surface area contributed by atoms with Crippen LogP contribution < -0.4 is 16.4 Å². The molecule has 108 valence electrons. The second-order valence-corrected chi connectivity index (χ2v) is 4.07. The number of carbonyl (C=O) groups excluding carboxylic acids is 3. The van der Waals surface area contributed by atoms with Crippen molar-refractivity contribution in [3.63, 3.8) is 0 Å². The van der Waals surface area contributed by atoms with E-state index in [9.17, 15) is 14.4 Å². The van der Waals surface area contributed by atoms with Crippen LogP contribution in [0.2, 0.25) is 0 Å².